The summed E-state index contributed by atoms with van der Waals surface area (Å²) in [5.41, 5.74) is -0.219. The first-order valence-electron chi connectivity index (χ1n) is 12.9. The molecule has 0 spiro atoms. The van der Waals surface area contributed by atoms with Gasteiger partial charge in [-0.05, 0) is 42.5 Å². The van der Waals surface area contributed by atoms with Crippen LogP contribution in [0.1, 0.15) is 57.5 Å². The zero-order chi connectivity index (χ0) is 31.6. The fourth-order valence-electron chi connectivity index (χ4n) is 4.29. The van der Waals surface area contributed by atoms with Crippen LogP contribution in [0.5, 0.6) is 5.88 Å². The molecule has 0 aliphatic rings. The maximum Gasteiger partial charge on any atom is 0.435 e. The van der Waals surface area contributed by atoms with Gasteiger partial charge in [-0.25, -0.2) is 4.98 Å². The summed E-state index contributed by atoms with van der Waals surface area (Å²) in [6, 6.07) is 12.9. The van der Waals surface area contributed by atoms with Gasteiger partial charge < -0.3 is 19.1 Å². The van der Waals surface area contributed by atoms with Crippen molar-refractivity contribution in [1.29, 1.82) is 0 Å². The molecule has 0 aliphatic heterocycles. The van der Waals surface area contributed by atoms with E-state index < -0.39 is 23.5 Å². The van der Waals surface area contributed by atoms with E-state index in [0.717, 1.165) is 11.0 Å². The molecule has 2 aromatic carbocycles. The number of rotatable bonds is 8. The van der Waals surface area contributed by atoms with Crippen LogP contribution >= 0.6 is 23.2 Å². The Morgan fingerprint density at radius 1 is 0.930 bits per heavy atom. The number of carbonyl (C=O) groups excluding carboxylic acids is 2. The van der Waals surface area contributed by atoms with Gasteiger partial charge in [-0.3, -0.25) is 9.59 Å². The van der Waals surface area contributed by atoms with Gasteiger partial charge in [0.2, 0.25) is 5.88 Å². The Hall–Kier alpha value is -4.09. The van der Waals surface area contributed by atoms with Crippen molar-refractivity contribution in [2.75, 3.05) is 26.0 Å². The Bertz CT molecular complexity index is 1630. The SMILES string of the molecule is CC(C)c1onc(-c2c(Cl)cccc2Cl)c1COc1ccc(N(C)C(=O)c2ccc(C(=O)N(C)C)cc2)c(C(F)(F)F)n1. The quantitative estimate of drug-likeness (QED) is 0.197. The summed E-state index contributed by atoms with van der Waals surface area (Å²) in [6.45, 7) is 3.47. The number of hydrogen-bond donors (Lipinski definition) is 0. The van der Waals surface area contributed by atoms with E-state index in [1.54, 1.807) is 32.3 Å². The zero-order valence-corrected chi connectivity index (χ0v) is 25.3. The molecule has 4 aromatic rings. The number of pyridine rings is 1. The van der Waals surface area contributed by atoms with Crippen LogP contribution in [0.3, 0.4) is 0 Å². The maximum absolute atomic E-state index is 14.2. The molecule has 2 amide bonds. The van der Waals surface area contributed by atoms with Crippen LogP contribution in [0.4, 0.5) is 18.9 Å². The van der Waals surface area contributed by atoms with Gasteiger partial charge >= 0.3 is 6.18 Å². The Kier molecular flexibility index (Phi) is 9.36. The number of alkyl halides is 3. The molecular weight excluding hydrogens is 608 g/mol. The molecule has 226 valence electrons. The molecule has 0 bridgehead atoms. The van der Waals surface area contributed by atoms with Gasteiger partial charge in [0.25, 0.3) is 11.8 Å². The van der Waals surface area contributed by atoms with Crippen LogP contribution in [-0.4, -0.2) is 48.0 Å². The van der Waals surface area contributed by atoms with E-state index in [9.17, 15) is 22.8 Å². The lowest BCUT2D eigenvalue weighted by Crippen LogP contribution is -2.29. The number of amides is 2. The van der Waals surface area contributed by atoms with Gasteiger partial charge in [-0.2, -0.15) is 13.2 Å². The van der Waals surface area contributed by atoms with Crippen LogP contribution in [0.25, 0.3) is 11.3 Å². The van der Waals surface area contributed by atoms with Crippen molar-refractivity contribution in [3.8, 4) is 17.1 Å². The molecule has 43 heavy (non-hydrogen) atoms. The minimum Gasteiger partial charge on any atom is -0.473 e. The minimum absolute atomic E-state index is 0.0886. The number of carbonyl (C=O) groups is 2. The third-order valence-corrected chi connectivity index (χ3v) is 7.10. The third-order valence-electron chi connectivity index (χ3n) is 6.47. The van der Waals surface area contributed by atoms with Crippen molar-refractivity contribution >= 4 is 40.7 Å². The van der Waals surface area contributed by atoms with E-state index in [0.29, 0.717) is 38.2 Å². The van der Waals surface area contributed by atoms with E-state index in [1.165, 1.54) is 42.3 Å². The number of anilines is 1. The first-order valence-corrected chi connectivity index (χ1v) is 13.7. The molecule has 0 atom stereocenters. The summed E-state index contributed by atoms with van der Waals surface area (Å²) in [4.78, 5) is 31.2. The highest BCUT2D eigenvalue weighted by Gasteiger charge is 2.38. The van der Waals surface area contributed by atoms with Crippen molar-refractivity contribution in [2.45, 2.75) is 32.5 Å². The molecule has 2 heterocycles. The van der Waals surface area contributed by atoms with E-state index in [1.807, 2.05) is 13.8 Å². The molecule has 0 unspecified atom stereocenters. The number of nitrogens with zero attached hydrogens (tertiary/aromatic N) is 4. The fraction of sp³-hybridized carbons (Fsp3) is 0.267. The van der Waals surface area contributed by atoms with Gasteiger partial charge in [0, 0.05) is 49.8 Å². The van der Waals surface area contributed by atoms with Gasteiger partial charge in [0.05, 0.1) is 21.3 Å². The lowest BCUT2D eigenvalue weighted by molar-refractivity contribution is -0.140. The van der Waals surface area contributed by atoms with Gasteiger partial charge in [0.15, 0.2) is 5.69 Å². The van der Waals surface area contributed by atoms with Crippen LogP contribution in [0.15, 0.2) is 59.1 Å². The van der Waals surface area contributed by atoms with Crippen molar-refractivity contribution in [3.63, 3.8) is 0 Å². The molecule has 2 aromatic heterocycles. The Morgan fingerprint density at radius 3 is 2.05 bits per heavy atom. The molecule has 0 aliphatic carbocycles. The van der Waals surface area contributed by atoms with Crippen molar-refractivity contribution in [3.05, 3.63) is 92.8 Å². The lowest BCUT2D eigenvalue weighted by Gasteiger charge is -2.22. The van der Waals surface area contributed by atoms with Crippen LogP contribution < -0.4 is 9.64 Å². The van der Waals surface area contributed by atoms with E-state index in [4.69, 9.17) is 32.5 Å². The van der Waals surface area contributed by atoms with E-state index in [-0.39, 0.29) is 29.9 Å². The van der Waals surface area contributed by atoms with Crippen LogP contribution in [-0.2, 0) is 12.8 Å². The second-order valence-electron chi connectivity index (χ2n) is 10.1. The Balaban J connectivity index is 1.64. The van der Waals surface area contributed by atoms with E-state index in [2.05, 4.69) is 10.1 Å². The first kappa shape index (κ1) is 31.8. The zero-order valence-electron chi connectivity index (χ0n) is 23.8. The molecule has 0 saturated carbocycles. The number of benzene rings is 2. The number of aromatic nitrogens is 2. The molecule has 0 fully saturated rings. The fourth-order valence-corrected chi connectivity index (χ4v) is 4.87. The van der Waals surface area contributed by atoms with Gasteiger partial charge in [-0.1, -0.05) is 48.3 Å². The molecular formula is C30H27Cl2F3N4O4. The predicted molar refractivity (Wildman–Crippen MR) is 157 cm³/mol. The Labute approximate surface area is 255 Å². The topological polar surface area (TPSA) is 88.8 Å². The highest BCUT2D eigenvalue weighted by molar-refractivity contribution is 6.39. The molecule has 0 N–H and O–H groups in total. The Morgan fingerprint density at radius 2 is 1.51 bits per heavy atom. The van der Waals surface area contributed by atoms with Crippen LogP contribution in [0.2, 0.25) is 10.0 Å². The maximum atomic E-state index is 14.2. The molecule has 8 nitrogen and oxygen atoms in total. The summed E-state index contributed by atoms with van der Waals surface area (Å²) in [6.07, 6.45) is -4.91. The summed E-state index contributed by atoms with van der Waals surface area (Å²) in [7, 11) is 4.37. The average Bonchev–Trinajstić information content (AvgIpc) is 3.38. The lowest BCUT2D eigenvalue weighted by atomic mass is 10.0. The average molecular weight is 635 g/mol. The van der Waals surface area contributed by atoms with Gasteiger partial charge in [0.1, 0.15) is 18.1 Å². The van der Waals surface area contributed by atoms with Crippen LogP contribution in [0, 0.1) is 0 Å². The summed E-state index contributed by atoms with van der Waals surface area (Å²) in [5, 5.41) is 4.74. The minimum atomic E-state index is -4.91. The predicted octanol–water partition coefficient (Wildman–Crippen LogP) is 7.74. The second-order valence-corrected chi connectivity index (χ2v) is 10.9. The summed E-state index contributed by atoms with van der Waals surface area (Å²) >= 11 is 12.7. The first-order chi connectivity index (χ1) is 20.2. The summed E-state index contributed by atoms with van der Waals surface area (Å²) in [5.74, 6) is -1.03. The number of hydrogen-bond acceptors (Lipinski definition) is 6. The summed E-state index contributed by atoms with van der Waals surface area (Å²) < 4.78 is 53.8. The molecule has 4 rings (SSSR count). The third kappa shape index (κ3) is 6.78. The van der Waals surface area contributed by atoms with Crippen molar-refractivity contribution in [1.82, 2.24) is 15.0 Å². The second kappa shape index (κ2) is 12.6. The standard InChI is InChI=1S/C30H27Cl2F3N4O4/c1-16(2)26-19(25(37-43-26)24-20(31)7-6-8-21(24)32)15-42-23-14-13-22(27(36-23)30(33,34)35)39(5)29(41)18-11-9-17(10-12-18)28(40)38(3)4/h6-14,16H,15H2,1-5H3. The molecule has 0 saturated heterocycles. The number of halogens is 5. The largest absolute Gasteiger partial charge is 0.473 e. The molecule has 13 heteroatoms. The smallest absolute Gasteiger partial charge is 0.435 e. The normalized spacial score (nSPS) is 11.5. The highest BCUT2D eigenvalue weighted by atomic mass is 35.5. The number of ether oxygens (including phenoxy) is 1. The highest BCUT2D eigenvalue weighted by Crippen LogP contribution is 2.40. The van der Waals surface area contributed by atoms with E-state index >= 15 is 0 Å². The van der Waals surface area contributed by atoms with Crippen molar-refractivity contribution < 1.29 is 32.0 Å². The molecule has 0 radical (unpaired) electrons. The van der Waals surface area contributed by atoms with Crippen molar-refractivity contribution in [2.24, 2.45) is 0 Å². The van der Waals surface area contributed by atoms with Gasteiger partial charge in [-0.15, -0.1) is 0 Å². The monoisotopic (exact) mass is 634 g/mol.